The van der Waals surface area contributed by atoms with Crippen LogP contribution in [0.15, 0.2) is 12.1 Å². The Morgan fingerprint density at radius 3 is 2.71 bits per heavy atom. The Labute approximate surface area is 89.5 Å². The van der Waals surface area contributed by atoms with Crippen molar-refractivity contribution in [2.75, 3.05) is 13.7 Å². The van der Waals surface area contributed by atoms with Gasteiger partial charge in [-0.3, -0.25) is 0 Å². The summed E-state index contributed by atoms with van der Waals surface area (Å²) in [5.74, 6) is 0.728. The summed E-state index contributed by atoms with van der Waals surface area (Å²) in [5, 5.41) is 9.40. The van der Waals surface area contributed by atoms with Crippen LogP contribution < -0.4 is 4.74 Å². The van der Waals surface area contributed by atoms with Gasteiger partial charge in [-0.25, -0.2) is 0 Å². The number of halogens is 1. The van der Waals surface area contributed by atoms with Crippen molar-refractivity contribution in [1.82, 2.24) is 0 Å². The molecule has 0 aliphatic heterocycles. The van der Waals surface area contributed by atoms with Crippen molar-refractivity contribution in [2.45, 2.75) is 19.8 Å². The zero-order valence-electron chi connectivity index (χ0n) is 8.51. The Kier molecular flexibility index (Phi) is 4.23. The number of aliphatic hydroxyl groups is 1. The third kappa shape index (κ3) is 2.63. The van der Waals surface area contributed by atoms with Crippen LogP contribution in [-0.4, -0.2) is 18.8 Å². The van der Waals surface area contributed by atoms with Gasteiger partial charge < -0.3 is 9.84 Å². The summed E-state index contributed by atoms with van der Waals surface area (Å²) in [7, 11) is 1.61. The molecule has 1 aromatic carbocycles. The highest BCUT2D eigenvalue weighted by atomic mass is 35.5. The number of aryl methyl sites for hydroxylation is 2. The maximum Gasteiger partial charge on any atom is 0.140 e. The van der Waals surface area contributed by atoms with E-state index in [9.17, 15) is 0 Å². The molecule has 1 rings (SSSR count). The molecular weight excluding hydrogens is 200 g/mol. The van der Waals surface area contributed by atoms with Crippen molar-refractivity contribution in [3.05, 3.63) is 28.3 Å². The first-order valence-electron chi connectivity index (χ1n) is 4.63. The van der Waals surface area contributed by atoms with Gasteiger partial charge in [0.15, 0.2) is 0 Å². The largest absolute Gasteiger partial charge is 0.495 e. The van der Waals surface area contributed by atoms with Gasteiger partial charge in [0.05, 0.1) is 12.1 Å². The van der Waals surface area contributed by atoms with Gasteiger partial charge in [0.25, 0.3) is 0 Å². The smallest absolute Gasteiger partial charge is 0.140 e. The summed E-state index contributed by atoms with van der Waals surface area (Å²) in [5.41, 5.74) is 2.18. The highest BCUT2D eigenvalue weighted by Crippen LogP contribution is 2.30. The number of ether oxygens (including phenoxy) is 1. The first-order valence-corrected chi connectivity index (χ1v) is 5.00. The van der Waals surface area contributed by atoms with Crippen LogP contribution in [0.3, 0.4) is 0 Å². The van der Waals surface area contributed by atoms with Gasteiger partial charge in [-0.15, -0.1) is 0 Å². The van der Waals surface area contributed by atoms with E-state index in [0.29, 0.717) is 5.02 Å². The highest BCUT2D eigenvalue weighted by molar-refractivity contribution is 6.32. The van der Waals surface area contributed by atoms with Crippen LogP contribution in [-0.2, 0) is 6.42 Å². The predicted octanol–water partition coefficient (Wildman–Crippen LogP) is 2.58. The van der Waals surface area contributed by atoms with Gasteiger partial charge in [-0.2, -0.15) is 0 Å². The van der Waals surface area contributed by atoms with Gasteiger partial charge in [0, 0.05) is 6.61 Å². The van der Waals surface area contributed by atoms with Crippen molar-refractivity contribution in [3.63, 3.8) is 0 Å². The molecule has 1 N–H and O–H groups in total. The molecule has 0 saturated heterocycles. The average Bonchev–Trinajstić information content (AvgIpc) is 2.14. The van der Waals surface area contributed by atoms with Crippen molar-refractivity contribution in [3.8, 4) is 5.75 Å². The zero-order chi connectivity index (χ0) is 10.6. The third-order valence-electron chi connectivity index (χ3n) is 2.07. The van der Waals surface area contributed by atoms with Crippen LogP contribution in [0.4, 0.5) is 0 Å². The minimum Gasteiger partial charge on any atom is -0.495 e. The fraction of sp³-hybridized carbons (Fsp3) is 0.455. The Balaban J connectivity index is 2.99. The van der Waals surface area contributed by atoms with Crippen LogP contribution >= 0.6 is 11.6 Å². The van der Waals surface area contributed by atoms with Crippen molar-refractivity contribution < 1.29 is 9.84 Å². The molecule has 0 aliphatic carbocycles. The molecule has 0 unspecified atom stereocenters. The summed E-state index contributed by atoms with van der Waals surface area (Å²) in [4.78, 5) is 0. The maximum atomic E-state index is 8.76. The fourth-order valence-corrected chi connectivity index (χ4v) is 1.86. The molecule has 0 atom stereocenters. The minimum absolute atomic E-state index is 0.189. The lowest BCUT2D eigenvalue weighted by Crippen LogP contribution is -1.96. The zero-order valence-corrected chi connectivity index (χ0v) is 9.27. The van der Waals surface area contributed by atoms with Crippen LogP contribution in [0.5, 0.6) is 5.75 Å². The molecule has 0 heterocycles. The highest BCUT2D eigenvalue weighted by Gasteiger charge is 2.08. The topological polar surface area (TPSA) is 29.5 Å². The van der Waals surface area contributed by atoms with E-state index in [4.69, 9.17) is 21.4 Å². The molecule has 78 valence electrons. The number of hydrogen-bond donors (Lipinski definition) is 1. The van der Waals surface area contributed by atoms with Crippen LogP contribution in [0, 0.1) is 6.92 Å². The van der Waals surface area contributed by atoms with Crippen LogP contribution in [0.2, 0.25) is 5.02 Å². The molecule has 0 bridgehead atoms. The predicted molar refractivity (Wildman–Crippen MR) is 58.1 cm³/mol. The van der Waals surface area contributed by atoms with Crippen LogP contribution in [0.25, 0.3) is 0 Å². The number of aliphatic hydroxyl groups excluding tert-OH is 1. The molecule has 3 heteroatoms. The second-order valence-corrected chi connectivity index (χ2v) is 3.67. The van der Waals surface area contributed by atoms with Crippen LogP contribution in [0.1, 0.15) is 17.5 Å². The van der Waals surface area contributed by atoms with Gasteiger partial charge in [0.2, 0.25) is 0 Å². The molecule has 0 amide bonds. The third-order valence-corrected chi connectivity index (χ3v) is 2.35. The molecule has 0 radical (unpaired) electrons. The number of methoxy groups -OCH3 is 1. The SMILES string of the molecule is COc1c(Cl)cc(C)cc1CCCO. The first-order chi connectivity index (χ1) is 6.69. The molecule has 0 aromatic heterocycles. The van der Waals surface area contributed by atoms with E-state index in [1.54, 1.807) is 7.11 Å². The van der Waals surface area contributed by atoms with E-state index in [1.807, 2.05) is 19.1 Å². The van der Waals surface area contributed by atoms with E-state index in [1.165, 1.54) is 0 Å². The molecule has 0 aliphatic rings. The maximum absolute atomic E-state index is 8.76. The van der Waals surface area contributed by atoms with E-state index in [0.717, 1.165) is 29.7 Å². The molecule has 14 heavy (non-hydrogen) atoms. The van der Waals surface area contributed by atoms with Crippen molar-refractivity contribution in [1.29, 1.82) is 0 Å². The Bertz CT molecular complexity index is 310. The van der Waals surface area contributed by atoms with Gasteiger partial charge in [-0.05, 0) is 37.0 Å². The minimum atomic E-state index is 0.189. The Hall–Kier alpha value is -0.730. The van der Waals surface area contributed by atoms with Crippen molar-refractivity contribution in [2.24, 2.45) is 0 Å². The summed E-state index contributed by atoms with van der Waals surface area (Å²) in [6.07, 6.45) is 1.53. The van der Waals surface area contributed by atoms with Crippen molar-refractivity contribution >= 4 is 11.6 Å². The first kappa shape index (κ1) is 11.3. The van der Waals surface area contributed by atoms with E-state index >= 15 is 0 Å². The molecule has 0 spiro atoms. The molecule has 2 nitrogen and oxygen atoms in total. The van der Waals surface area contributed by atoms with E-state index < -0.39 is 0 Å². The lowest BCUT2D eigenvalue weighted by Gasteiger charge is -2.10. The molecule has 0 saturated carbocycles. The van der Waals surface area contributed by atoms with Gasteiger partial charge in [-0.1, -0.05) is 17.7 Å². The Morgan fingerprint density at radius 2 is 2.14 bits per heavy atom. The molecule has 1 aromatic rings. The summed E-state index contributed by atoms with van der Waals surface area (Å²) in [6, 6.07) is 3.92. The Morgan fingerprint density at radius 1 is 1.43 bits per heavy atom. The standard InChI is InChI=1S/C11H15ClO2/c1-8-6-9(4-3-5-13)11(14-2)10(12)7-8/h6-7,13H,3-5H2,1-2H3. The quantitative estimate of drug-likeness (QED) is 0.835. The van der Waals surface area contributed by atoms with Gasteiger partial charge in [0.1, 0.15) is 5.75 Å². The monoisotopic (exact) mass is 214 g/mol. The average molecular weight is 215 g/mol. The van der Waals surface area contributed by atoms with E-state index in [2.05, 4.69) is 0 Å². The second-order valence-electron chi connectivity index (χ2n) is 3.27. The van der Waals surface area contributed by atoms with Gasteiger partial charge >= 0.3 is 0 Å². The number of hydrogen-bond acceptors (Lipinski definition) is 2. The van der Waals surface area contributed by atoms with E-state index in [-0.39, 0.29) is 6.61 Å². The molecule has 0 fully saturated rings. The lowest BCUT2D eigenvalue weighted by atomic mass is 10.1. The summed E-state index contributed by atoms with van der Waals surface area (Å²) < 4.78 is 5.21. The number of rotatable bonds is 4. The summed E-state index contributed by atoms with van der Waals surface area (Å²) in [6.45, 7) is 2.18. The molecular formula is C11H15ClO2. The fourth-order valence-electron chi connectivity index (χ4n) is 1.48. The summed E-state index contributed by atoms with van der Waals surface area (Å²) >= 11 is 6.03. The second kappa shape index (κ2) is 5.23. The lowest BCUT2D eigenvalue weighted by molar-refractivity contribution is 0.287. The normalized spacial score (nSPS) is 10.3. The number of benzene rings is 1.